The molecule has 0 saturated heterocycles. The minimum atomic E-state index is -0.544. The summed E-state index contributed by atoms with van der Waals surface area (Å²) in [6.45, 7) is 0. The van der Waals surface area contributed by atoms with Crippen molar-refractivity contribution in [3.8, 4) is 11.4 Å². The van der Waals surface area contributed by atoms with Crippen molar-refractivity contribution in [2.75, 3.05) is 0 Å². The maximum absolute atomic E-state index is 10.7. The number of halogens is 1. The quantitative estimate of drug-likeness (QED) is 0.578. The Morgan fingerprint density at radius 2 is 2.27 bits per heavy atom. The number of nitro groups is 1. The minimum absolute atomic E-state index is 0.149. The molecule has 1 heterocycles. The molecule has 7 heteroatoms. The third kappa shape index (κ3) is 1.79. The van der Waals surface area contributed by atoms with Gasteiger partial charge in [-0.2, -0.15) is 4.98 Å². The SMILES string of the molecule is O=[N+]([O-])c1cc(Cl)ccc1-c1ncon1. The second-order valence-electron chi connectivity index (χ2n) is 2.67. The predicted molar refractivity (Wildman–Crippen MR) is 51.4 cm³/mol. The first-order valence-electron chi connectivity index (χ1n) is 3.89. The van der Waals surface area contributed by atoms with E-state index in [1.165, 1.54) is 18.2 Å². The van der Waals surface area contributed by atoms with Gasteiger partial charge in [-0.1, -0.05) is 16.8 Å². The van der Waals surface area contributed by atoms with Gasteiger partial charge in [-0.15, -0.1) is 0 Å². The first kappa shape index (κ1) is 9.60. The lowest BCUT2D eigenvalue weighted by atomic mass is 10.2. The van der Waals surface area contributed by atoms with Gasteiger partial charge in [0.25, 0.3) is 5.69 Å². The largest absolute Gasteiger partial charge is 0.342 e. The van der Waals surface area contributed by atoms with E-state index in [-0.39, 0.29) is 22.1 Å². The number of nitrogens with zero attached hydrogens (tertiary/aromatic N) is 3. The van der Waals surface area contributed by atoms with Crippen LogP contribution in [0.1, 0.15) is 0 Å². The highest BCUT2D eigenvalue weighted by Crippen LogP contribution is 2.29. The van der Waals surface area contributed by atoms with Crippen LogP contribution in [-0.2, 0) is 0 Å². The molecule has 0 aliphatic heterocycles. The Kier molecular flexibility index (Phi) is 2.34. The Labute approximate surface area is 88.6 Å². The average molecular weight is 226 g/mol. The van der Waals surface area contributed by atoms with Crippen molar-refractivity contribution in [3.05, 3.63) is 39.7 Å². The van der Waals surface area contributed by atoms with Crippen LogP contribution >= 0.6 is 11.6 Å². The smallest absolute Gasteiger partial charge is 0.282 e. The van der Waals surface area contributed by atoms with Crippen LogP contribution in [0.25, 0.3) is 11.4 Å². The third-order valence-corrected chi connectivity index (χ3v) is 1.99. The molecule has 0 aliphatic rings. The van der Waals surface area contributed by atoms with Gasteiger partial charge in [0.15, 0.2) is 0 Å². The average Bonchev–Trinajstić information content (AvgIpc) is 2.70. The van der Waals surface area contributed by atoms with Crippen LogP contribution in [0.2, 0.25) is 5.02 Å². The van der Waals surface area contributed by atoms with Crippen LogP contribution in [-0.4, -0.2) is 15.1 Å². The van der Waals surface area contributed by atoms with Crippen LogP contribution in [0.3, 0.4) is 0 Å². The summed E-state index contributed by atoms with van der Waals surface area (Å²) in [5.41, 5.74) is 0.127. The Hall–Kier alpha value is -1.95. The second kappa shape index (κ2) is 3.66. The standard InChI is InChI=1S/C8H4ClN3O3/c9-5-1-2-6(7(3-5)12(13)14)8-10-4-15-11-8/h1-4H. The van der Waals surface area contributed by atoms with E-state index >= 15 is 0 Å². The molecule has 0 fully saturated rings. The molecule has 2 rings (SSSR count). The van der Waals surface area contributed by atoms with Crippen LogP contribution in [0.5, 0.6) is 0 Å². The number of benzene rings is 1. The van der Waals surface area contributed by atoms with Gasteiger partial charge < -0.3 is 4.52 Å². The summed E-state index contributed by atoms with van der Waals surface area (Å²) in [7, 11) is 0. The predicted octanol–water partition coefficient (Wildman–Crippen LogP) is 2.30. The first-order chi connectivity index (χ1) is 7.18. The van der Waals surface area contributed by atoms with E-state index in [0.717, 1.165) is 6.39 Å². The summed E-state index contributed by atoms with van der Waals surface area (Å²) in [6.07, 6.45) is 1.10. The summed E-state index contributed by atoms with van der Waals surface area (Å²) in [5, 5.41) is 14.5. The van der Waals surface area contributed by atoms with Gasteiger partial charge in [0.05, 0.1) is 4.92 Å². The topological polar surface area (TPSA) is 82.1 Å². The van der Waals surface area contributed by atoms with Crippen LogP contribution in [0, 0.1) is 10.1 Å². The van der Waals surface area contributed by atoms with E-state index in [2.05, 4.69) is 14.7 Å². The molecule has 0 atom stereocenters. The van der Waals surface area contributed by atoms with Gasteiger partial charge in [0.2, 0.25) is 12.2 Å². The van der Waals surface area contributed by atoms with E-state index < -0.39 is 4.92 Å². The summed E-state index contributed by atoms with van der Waals surface area (Å²) in [4.78, 5) is 13.9. The zero-order valence-corrected chi connectivity index (χ0v) is 8.01. The van der Waals surface area contributed by atoms with Gasteiger partial charge >= 0.3 is 0 Å². The van der Waals surface area contributed by atoms with Gasteiger partial charge in [-0.25, -0.2) is 0 Å². The van der Waals surface area contributed by atoms with Crippen LogP contribution in [0.15, 0.2) is 29.1 Å². The molecular formula is C8H4ClN3O3. The molecule has 0 unspecified atom stereocenters. The van der Waals surface area contributed by atoms with Crippen LogP contribution in [0.4, 0.5) is 5.69 Å². The molecule has 1 aromatic heterocycles. The molecule has 6 nitrogen and oxygen atoms in total. The third-order valence-electron chi connectivity index (χ3n) is 1.76. The van der Waals surface area contributed by atoms with Gasteiger partial charge in [0, 0.05) is 11.1 Å². The van der Waals surface area contributed by atoms with Gasteiger partial charge in [-0.3, -0.25) is 10.1 Å². The Morgan fingerprint density at radius 3 is 2.87 bits per heavy atom. The fourth-order valence-corrected chi connectivity index (χ4v) is 1.30. The van der Waals surface area contributed by atoms with Crippen molar-refractivity contribution >= 4 is 17.3 Å². The molecule has 1 aromatic carbocycles. The molecular weight excluding hydrogens is 222 g/mol. The number of aromatic nitrogens is 2. The molecule has 15 heavy (non-hydrogen) atoms. The Morgan fingerprint density at radius 1 is 1.47 bits per heavy atom. The highest BCUT2D eigenvalue weighted by Gasteiger charge is 2.18. The number of nitro benzene ring substituents is 1. The summed E-state index contributed by atoms with van der Waals surface area (Å²) >= 11 is 5.65. The normalized spacial score (nSPS) is 10.2. The molecule has 0 N–H and O–H groups in total. The van der Waals surface area contributed by atoms with Crippen LogP contribution < -0.4 is 0 Å². The lowest BCUT2D eigenvalue weighted by Gasteiger charge is -1.97. The second-order valence-corrected chi connectivity index (χ2v) is 3.11. The summed E-state index contributed by atoms with van der Waals surface area (Å²) in [6, 6.07) is 4.25. The molecule has 0 bridgehead atoms. The summed E-state index contributed by atoms with van der Waals surface area (Å²) in [5.74, 6) is 0.165. The van der Waals surface area contributed by atoms with Gasteiger partial charge in [0.1, 0.15) is 5.56 Å². The molecule has 0 amide bonds. The zero-order chi connectivity index (χ0) is 10.8. The van der Waals surface area contributed by atoms with E-state index in [1.54, 1.807) is 0 Å². The summed E-state index contributed by atoms with van der Waals surface area (Å²) < 4.78 is 4.52. The van der Waals surface area contributed by atoms with Crippen molar-refractivity contribution in [2.24, 2.45) is 0 Å². The van der Waals surface area contributed by atoms with Crippen molar-refractivity contribution in [2.45, 2.75) is 0 Å². The van der Waals surface area contributed by atoms with Crippen molar-refractivity contribution < 1.29 is 9.45 Å². The number of hydrogen-bond donors (Lipinski definition) is 0. The molecule has 0 spiro atoms. The maximum atomic E-state index is 10.7. The van der Waals surface area contributed by atoms with Gasteiger partial charge in [-0.05, 0) is 12.1 Å². The van der Waals surface area contributed by atoms with Crippen molar-refractivity contribution in [3.63, 3.8) is 0 Å². The fraction of sp³-hybridized carbons (Fsp3) is 0. The highest BCUT2D eigenvalue weighted by atomic mass is 35.5. The van der Waals surface area contributed by atoms with E-state index in [0.29, 0.717) is 0 Å². The molecule has 76 valence electrons. The highest BCUT2D eigenvalue weighted by molar-refractivity contribution is 6.30. The van der Waals surface area contributed by atoms with Crippen molar-refractivity contribution in [1.29, 1.82) is 0 Å². The lowest BCUT2D eigenvalue weighted by Crippen LogP contribution is -1.92. The Balaban J connectivity index is 2.61. The Bertz CT molecular complexity index is 498. The maximum Gasteiger partial charge on any atom is 0.282 e. The first-order valence-corrected chi connectivity index (χ1v) is 4.27. The minimum Gasteiger partial charge on any atom is -0.342 e. The van der Waals surface area contributed by atoms with E-state index in [4.69, 9.17) is 11.6 Å². The monoisotopic (exact) mass is 225 g/mol. The molecule has 0 saturated carbocycles. The van der Waals surface area contributed by atoms with Crippen molar-refractivity contribution in [1.82, 2.24) is 10.1 Å². The van der Waals surface area contributed by atoms with E-state index in [1.807, 2.05) is 0 Å². The molecule has 2 aromatic rings. The lowest BCUT2D eigenvalue weighted by molar-refractivity contribution is -0.384. The van der Waals surface area contributed by atoms with E-state index in [9.17, 15) is 10.1 Å². The molecule has 0 aliphatic carbocycles. The fourth-order valence-electron chi connectivity index (χ4n) is 1.13. The number of rotatable bonds is 2. The zero-order valence-electron chi connectivity index (χ0n) is 7.25. The molecule has 0 radical (unpaired) electrons. The number of hydrogen-bond acceptors (Lipinski definition) is 5.